The molecule has 29 heavy (non-hydrogen) atoms. The van der Waals surface area contributed by atoms with Crippen LogP contribution in [0.4, 0.5) is 17.1 Å². The lowest BCUT2D eigenvalue weighted by atomic mass is 10.1. The number of nitrogens with one attached hydrogen (secondary N) is 1. The Morgan fingerprint density at radius 2 is 1.79 bits per heavy atom. The van der Waals surface area contributed by atoms with E-state index in [-0.39, 0.29) is 22.5 Å². The van der Waals surface area contributed by atoms with E-state index in [1.807, 2.05) is 0 Å². The Labute approximate surface area is 166 Å². The molecule has 0 aliphatic heterocycles. The molecule has 2 aromatic carbocycles. The molecule has 0 radical (unpaired) electrons. The van der Waals surface area contributed by atoms with Crippen molar-refractivity contribution in [1.29, 1.82) is 0 Å². The number of nitrogens with zero attached hydrogens (tertiary/aromatic N) is 2. The second kappa shape index (κ2) is 9.31. The summed E-state index contributed by atoms with van der Waals surface area (Å²) in [6.45, 7) is -0.641. The number of benzene rings is 2. The first-order chi connectivity index (χ1) is 13.7. The van der Waals surface area contributed by atoms with Gasteiger partial charge >= 0.3 is 11.9 Å². The predicted molar refractivity (Wildman–Crippen MR) is 104 cm³/mol. The second-order valence-electron chi connectivity index (χ2n) is 6.02. The molecule has 2 rings (SSSR count). The quantitative estimate of drug-likeness (QED) is 0.425. The summed E-state index contributed by atoms with van der Waals surface area (Å²) in [6, 6.07) is 10.1. The first kappa shape index (κ1) is 21.4. The normalized spacial score (nSPS) is 10.0. The van der Waals surface area contributed by atoms with Crippen molar-refractivity contribution in [3.05, 3.63) is 63.7 Å². The molecule has 0 aromatic heterocycles. The minimum Gasteiger partial charge on any atom is -0.465 e. The zero-order chi connectivity index (χ0) is 21.6. The van der Waals surface area contributed by atoms with Gasteiger partial charge in [0, 0.05) is 20.2 Å². The van der Waals surface area contributed by atoms with Gasteiger partial charge in [-0.25, -0.2) is 9.59 Å². The first-order valence-corrected chi connectivity index (χ1v) is 8.34. The Bertz CT molecular complexity index is 957. The number of carbonyl (C=O) groups excluding carboxylic acids is 3. The van der Waals surface area contributed by atoms with Gasteiger partial charge in [0.2, 0.25) is 0 Å². The minimum atomic E-state index is -0.894. The van der Waals surface area contributed by atoms with Crippen molar-refractivity contribution in [1.82, 2.24) is 0 Å². The smallest absolute Gasteiger partial charge is 0.339 e. The fourth-order valence-electron chi connectivity index (χ4n) is 2.46. The van der Waals surface area contributed by atoms with Gasteiger partial charge < -0.3 is 19.7 Å². The summed E-state index contributed by atoms with van der Waals surface area (Å²) in [6.07, 6.45) is 0. The first-order valence-electron chi connectivity index (χ1n) is 8.34. The van der Waals surface area contributed by atoms with Crippen LogP contribution in [-0.4, -0.2) is 50.6 Å². The number of nitro groups is 1. The van der Waals surface area contributed by atoms with E-state index in [2.05, 4.69) is 10.1 Å². The van der Waals surface area contributed by atoms with Crippen molar-refractivity contribution in [3.63, 3.8) is 0 Å². The van der Waals surface area contributed by atoms with Gasteiger partial charge in [-0.05, 0) is 24.3 Å². The molecule has 0 atom stereocenters. The van der Waals surface area contributed by atoms with Gasteiger partial charge in [0.15, 0.2) is 6.61 Å². The molecule has 1 N–H and O–H groups in total. The summed E-state index contributed by atoms with van der Waals surface area (Å²) in [7, 11) is 4.48. The second-order valence-corrected chi connectivity index (χ2v) is 6.02. The van der Waals surface area contributed by atoms with Crippen molar-refractivity contribution < 1.29 is 28.8 Å². The van der Waals surface area contributed by atoms with Gasteiger partial charge in [-0.2, -0.15) is 0 Å². The number of esters is 2. The summed E-state index contributed by atoms with van der Waals surface area (Å²) in [4.78, 5) is 48.1. The molecule has 0 bridgehead atoms. The lowest BCUT2D eigenvalue weighted by Crippen LogP contribution is -2.22. The fraction of sp³-hybridized carbons (Fsp3) is 0.211. The largest absolute Gasteiger partial charge is 0.465 e. The average Bonchev–Trinajstić information content (AvgIpc) is 2.71. The number of rotatable bonds is 7. The molecule has 0 saturated carbocycles. The Kier molecular flexibility index (Phi) is 6.85. The summed E-state index contributed by atoms with van der Waals surface area (Å²) in [5.41, 5.74) is 0.339. The monoisotopic (exact) mass is 401 g/mol. The van der Waals surface area contributed by atoms with Crippen LogP contribution < -0.4 is 10.2 Å². The zero-order valence-electron chi connectivity index (χ0n) is 16.0. The van der Waals surface area contributed by atoms with Crippen LogP contribution in [0, 0.1) is 10.1 Å². The van der Waals surface area contributed by atoms with Crippen LogP contribution in [0.1, 0.15) is 20.7 Å². The SMILES string of the molecule is COC(=O)c1ccccc1NC(=O)COC(=O)c1ccc(N(C)C)c([N+](=O)[O-])c1. The lowest BCUT2D eigenvalue weighted by Gasteiger charge is -2.13. The highest BCUT2D eigenvalue weighted by Crippen LogP contribution is 2.28. The number of nitro benzene ring substituents is 1. The van der Waals surface area contributed by atoms with Gasteiger partial charge in [0.1, 0.15) is 5.69 Å². The molecule has 0 fully saturated rings. The third-order valence-corrected chi connectivity index (χ3v) is 3.83. The highest BCUT2D eigenvalue weighted by atomic mass is 16.6. The Morgan fingerprint density at radius 1 is 1.10 bits per heavy atom. The Hall–Kier alpha value is -3.95. The molecule has 0 saturated heterocycles. The maximum Gasteiger partial charge on any atom is 0.339 e. The number of hydrogen-bond acceptors (Lipinski definition) is 8. The van der Waals surface area contributed by atoms with Gasteiger partial charge in [0.25, 0.3) is 11.6 Å². The predicted octanol–water partition coefficient (Wildman–Crippen LogP) is 2.24. The number of anilines is 2. The molecule has 0 aliphatic carbocycles. The molecule has 1 amide bonds. The molecular weight excluding hydrogens is 382 g/mol. The lowest BCUT2D eigenvalue weighted by molar-refractivity contribution is -0.384. The van der Waals surface area contributed by atoms with Crippen LogP contribution >= 0.6 is 0 Å². The summed E-state index contributed by atoms with van der Waals surface area (Å²) < 4.78 is 9.56. The van der Waals surface area contributed by atoms with Crippen molar-refractivity contribution in [2.45, 2.75) is 0 Å². The van der Waals surface area contributed by atoms with E-state index in [0.717, 1.165) is 6.07 Å². The van der Waals surface area contributed by atoms with Gasteiger partial charge in [-0.3, -0.25) is 14.9 Å². The third kappa shape index (κ3) is 5.28. The number of methoxy groups -OCH3 is 1. The van der Waals surface area contributed by atoms with Crippen LogP contribution in [0.5, 0.6) is 0 Å². The fourth-order valence-corrected chi connectivity index (χ4v) is 2.46. The average molecular weight is 401 g/mol. The van der Waals surface area contributed by atoms with Gasteiger partial charge in [0.05, 0.1) is 28.8 Å². The number of hydrogen-bond donors (Lipinski definition) is 1. The van der Waals surface area contributed by atoms with Crippen LogP contribution in [0.15, 0.2) is 42.5 Å². The van der Waals surface area contributed by atoms with Crippen LogP contribution in [0.3, 0.4) is 0 Å². The summed E-state index contributed by atoms with van der Waals surface area (Å²) >= 11 is 0. The number of ether oxygens (including phenoxy) is 2. The molecule has 152 valence electrons. The molecule has 0 unspecified atom stereocenters. The van der Waals surface area contributed by atoms with E-state index in [1.54, 1.807) is 31.1 Å². The maximum atomic E-state index is 12.2. The van der Waals surface area contributed by atoms with E-state index >= 15 is 0 Å². The third-order valence-electron chi connectivity index (χ3n) is 3.83. The topological polar surface area (TPSA) is 128 Å². The van der Waals surface area contributed by atoms with Crippen molar-refractivity contribution in [2.75, 3.05) is 38.0 Å². The summed E-state index contributed by atoms with van der Waals surface area (Å²) in [5, 5.41) is 13.7. The molecule has 2 aromatic rings. The summed E-state index contributed by atoms with van der Waals surface area (Å²) in [5.74, 6) is -2.21. The maximum absolute atomic E-state index is 12.2. The molecule has 10 heteroatoms. The molecule has 0 aliphatic rings. The van der Waals surface area contributed by atoms with E-state index in [1.165, 1.54) is 31.4 Å². The molecule has 0 spiro atoms. The zero-order valence-corrected chi connectivity index (χ0v) is 16.0. The van der Waals surface area contributed by atoms with E-state index in [9.17, 15) is 24.5 Å². The van der Waals surface area contributed by atoms with Crippen LogP contribution in [0.2, 0.25) is 0 Å². The van der Waals surface area contributed by atoms with Gasteiger partial charge in [-0.1, -0.05) is 12.1 Å². The van der Waals surface area contributed by atoms with Crippen molar-refractivity contribution in [2.24, 2.45) is 0 Å². The van der Waals surface area contributed by atoms with E-state index in [4.69, 9.17) is 4.74 Å². The van der Waals surface area contributed by atoms with Crippen molar-refractivity contribution >= 4 is 34.9 Å². The molecule has 10 nitrogen and oxygen atoms in total. The minimum absolute atomic E-state index is 0.0648. The van der Waals surface area contributed by atoms with E-state index in [0.29, 0.717) is 5.69 Å². The van der Waals surface area contributed by atoms with Gasteiger partial charge in [-0.15, -0.1) is 0 Å². The van der Waals surface area contributed by atoms with Crippen molar-refractivity contribution in [3.8, 4) is 0 Å². The number of carbonyl (C=O) groups is 3. The highest BCUT2D eigenvalue weighted by Gasteiger charge is 2.20. The standard InChI is InChI=1S/C19H19N3O7/c1-21(2)15-9-8-12(10-16(15)22(26)27)18(24)29-11-17(23)20-14-7-5-4-6-13(14)19(25)28-3/h4-10H,11H2,1-3H3,(H,20,23). The Balaban J connectivity index is 2.06. The molecule has 0 heterocycles. The van der Waals surface area contributed by atoms with Crippen LogP contribution in [0.25, 0.3) is 0 Å². The Morgan fingerprint density at radius 3 is 2.41 bits per heavy atom. The highest BCUT2D eigenvalue weighted by molar-refractivity contribution is 6.02. The molecular formula is C19H19N3O7. The number of amides is 1. The van der Waals surface area contributed by atoms with E-state index < -0.39 is 29.4 Å². The number of para-hydroxylation sites is 1. The van der Waals surface area contributed by atoms with Crippen LogP contribution in [-0.2, 0) is 14.3 Å².